The van der Waals surface area contributed by atoms with E-state index >= 15 is 0 Å². The summed E-state index contributed by atoms with van der Waals surface area (Å²) in [6, 6.07) is 6.25. The smallest absolute Gasteiger partial charge is 0.137 e. The summed E-state index contributed by atoms with van der Waals surface area (Å²) in [6.45, 7) is 2.96. The maximum absolute atomic E-state index is 6.08. The molecule has 0 saturated carbocycles. The summed E-state index contributed by atoms with van der Waals surface area (Å²) in [6.07, 6.45) is 1.09. The van der Waals surface area contributed by atoms with Gasteiger partial charge in [-0.1, -0.05) is 17.7 Å². The van der Waals surface area contributed by atoms with E-state index in [-0.39, 0.29) is 12.4 Å². The van der Waals surface area contributed by atoms with Crippen LogP contribution in [0.3, 0.4) is 0 Å². The van der Waals surface area contributed by atoms with Gasteiger partial charge in [0.05, 0.1) is 12.1 Å². The van der Waals surface area contributed by atoms with E-state index in [0.29, 0.717) is 11.1 Å². The minimum atomic E-state index is 0. The third-order valence-electron chi connectivity index (χ3n) is 2.93. The van der Waals surface area contributed by atoms with E-state index in [1.54, 1.807) is 7.11 Å². The monoisotopic (exact) mass is 276 g/mol. The largest absolute Gasteiger partial charge is 0.495 e. The van der Waals surface area contributed by atoms with Gasteiger partial charge in [0.1, 0.15) is 5.75 Å². The number of likely N-dealkylation sites (tertiary alicyclic amines) is 1. The van der Waals surface area contributed by atoms with Gasteiger partial charge in [-0.05, 0) is 24.1 Å². The number of nitrogens with two attached hydrogens (primary N) is 1. The summed E-state index contributed by atoms with van der Waals surface area (Å²) < 4.78 is 5.12. The Morgan fingerprint density at radius 2 is 2.29 bits per heavy atom. The van der Waals surface area contributed by atoms with E-state index in [1.165, 1.54) is 5.56 Å². The first kappa shape index (κ1) is 14.6. The molecule has 0 bridgehead atoms. The van der Waals surface area contributed by atoms with E-state index < -0.39 is 0 Å². The maximum atomic E-state index is 6.08. The molecule has 1 unspecified atom stereocenters. The number of hydrogen-bond donors (Lipinski definition) is 1. The number of benzene rings is 1. The van der Waals surface area contributed by atoms with Crippen molar-refractivity contribution in [3.63, 3.8) is 0 Å². The Morgan fingerprint density at radius 1 is 1.53 bits per heavy atom. The number of halogens is 2. The molecule has 1 aliphatic heterocycles. The molecule has 1 aromatic carbocycles. The highest BCUT2D eigenvalue weighted by Gasteiger charge is 2.18. The number of ether oxygens (including phenoxy) is 1. The van der Waals surface area contributed by atoms with Crippen LogP contribution in [0.15, 0.2) is 18.2 Å². The van der Waals surface area contributed by atoms with E-state index in [0.717, 1.165) is 31.8 Å². The van der Waals surface area contributed by atoms with Crippen LogP contribution in [0.25, 0.3) is 0 Å². The van der Waals surface area contributed by atoms with E-state index in [9.17, 15) is 0 Å². The van der Waals surface area contributed by atoms with Gasteiger partial charge >= 0.3 is 0 Å². The minimum absolute atomic E-state index is 0. The zero-order chi connectivity index (χ0) is 11.5. The quantitative estimate of drug-likeness (QED) is 0.921. The Bertz CT molecular complexity index is 374. The van der Waals surface area contributed by atoms with Gasteiger partial charge in [0.25, 0.3) is 0 Å². The Hall–Kier alpha value is -0.480. The van der Waals surface area contributed by atoms with Gasteiger partial charge in [0.2, 0.25) is 0 Å². The van der Waals surface area contributed by atoms with Crippen molar-refractivity contribution in [1.29, 1.82) is 0 Å². The van der Waals surface area contributed by atoms with Crippen LogP contribution in [0.5, 0.6) is 5.75 Å². The van der Waals surface area contributed by atoms with Gasteiger partial charge in [-0.25, -0.2) is 0 Å². The fourth-order valence-corrected chi connectivity index (χ4v) is 2.35. The van der Waals surface area contributed by atoms with Crippen LogP contribution < -0.4 is 10.5 Å². The highest BCUT2D eigenvalue weighted by molar-refractivity contribution is 6.32. The molecule has 0 spiro atoms. The lowest BCUT2D eigenvalue weighted by atomic mass is 10.2. The van der Waals surface area contributed by atoms with E-state index in [4.69, 9.17) is 22.1 Å². The molecular formula is C12H18Cl2N2O. The lowest BCUT2D eigenvalue weighted by Gasteiger charge is -2.15. The normalized spacial score (nSPS) is 20.1. The zero-order valence-electron chi connectivity index (χ0n) is 9.86. The fourth-order valence-electron chi connectivity index (χ4n) is 2.07. The average Bonchev–Trinajstić information content (AvgIpc) is 2.64. The van der Waals surface area contributed by atoms with Crippen molar-refractivity contribution in [2.75, 3.05) is 20.2 Å². The molecule has 1 aromatic rings. The van der Waals surface area contributed by atoms with Crippen molar-refractivity contribution in [2.24, 2.45) is 5.73 Å². The molecule has 17 heavy (non-hydrogen) atoms. The second-order valence-corrected chi connectivity index (χ2v) is 4.66. The molecule has 1 fully saturated rings. The molecule has 96 valence electrons. The number of rotatable bonds is 3. The Balaban J connectivity index is 0.00000144. The molecule has 0 aliphatic carbocycles. The first-order chi connectivity index (χ1) is 7.69. The molecule has 0 radical (unpaired) electrons. The molecule has 0 amide bonds. The third kappa shape index (κ3) is 3.75. The lowest BCUT2D eigenvalue weighted by molar-refractivity contribution is 0.326. The van der Waals surface area contributed by atoms with Crippen LogP contribution in [0.2, 0.25) is 5.02 Å². The highest BCUT2D eigenvalue weighted by atomic mass is 35.5. The second kappa shape index (κ2) is 6.45. The molecule has 5 heteroatoms. The SMILES string of the molecule is COc1ccc(CN2CCC(N)C2)cc1Cl.Cl. The molecule has 2 N–H and O–H groups in total. The molecule has 1 saturated heterocycles. The topological polar surface area (TPSA) is 38.5 Å². The molecule has 1 aliphatic rings. The van der Waals surface area contributed by atoms with Crippen LogP contribution in [0, 0.1) is 0 Å². The first-order valence-electron chi connectivity index (χ1n) is 5.49. The second-order valence-electron chi connectivity index (χ2n) is 4.25. The van der Waals surface area contributed by atoms with Crippen molar-refractivity contribution in [3.8, 4) is 5.75 Å². The van der Waals surface area contributed by atoms with Crippen molar-refractivity contribution >= 4 is 24.0 Å². The summed E-state index contributed by atoms with van der Waals surface area (Å²) in [5.74, 6) is 0.725. The third-order valence-corrected chi connectivity index (χ3v) is 3.23. The van der Waals surface area contributed by atoms with Gasteiger partial charge in [-0.2, -0.15) is 0 Å². The van der Waals surface area contributed by atoms with Crippen LogP contribution in [0.1, 0.15) is 12.0 Å². The number of nitrogens with zero attached hydrogens (tertiary/aromatic N) is 1. The van der Waals surface area contributed by atoms with E-state index in [2.05, 4.69) is 11.0 Å². The van der Waals surface area contributed by atoms with Crippen LogP contribution in [-0.2, 0) is 6.54 Å². The summed E-state index contributed by atoms with van der Waals surface area (Å²) in [4.78, 5) is 2.35. The predicted octanol–water partition coefficient (Wildman–Crippen LogP) is 2.30. The summed E-state index contributed by atoms with van der Waals surface area (Å²) >= 11 is 6.08. The van der Waals surface area contributed by atoms with Crippen LogP contribution in [-0.4, -0.2) is 31.1 Å². The van der Waals surface area contributed by atoms with Crippen molar-refractivity contribution in [2.45, 2.75) is 19.0 Å². The summed E-state index contributed by atoms with van der Waals surface area (Å²) in [7, 11) is 1.63. The Kier molecular flexibility index (Phi) is 5.53. The van der Waals surface area contributed by atoms with Crippen LogP contribution >= 0.6 is 24.0 Å². The number of methoxy groups -OCH3 is 1. The van der Waals surface area contributed by atoms with Gasteiger partial charge in [-0.3, -0.25) is 4.90 Å². The molecule has 0 aromatic heterocycles. The predicted molar refractivity (Wildman–Crippen MR) is 73.1 cm³/mol. The first-order valence-corrected chi connectivity index (χ1v) is 5.87. The average molecular weight is 277 g/mol. The van der Waals surface area contributed by atoms with Gasteiger partial charge in [0.15, 0.2) is 0 Å². The number of hydrogen-bond acceptors (Lipinski definition) is 3. The molecule has 2 rings (SSSR count). The van der Waals surface area contributed by atoms with Crippen LogP contribution in [0.4, 0.5) is 0 Å². The molecular weight excluding hydrogens is 259 g/mol. The Labute approximate surface area is 113 Å². The van der Waals surface area contributed by atoms with Gasteiger partial charge in [-0.15, -0.1) is 12.4 Å². The molecule has 1 heterocycles. The fraction of sp³-hybridized carbons (Fsp3) is 0.500. The zero-order valence-corrected chi connectivity index (χ0v) is 11.4. The highest BCUT2D eigenvalue weighted by Crippen LogP contribution is 2.25. The van der Waals surface area contributed by atoms with Crippen molar-refractivity contribution < 1.29 is 4.74 Å². The molecule has 3 nitrogen and oxygen atoms in total. The maximum Gasteiger partial charge on any atom is 0.137 e. The van der Waals surface area contributed by atoms with E-state index in [1.807, 2.05) is 12.1 Å². The molecule has 1 atom stereocenters. The summed E-state index contributed by atoms with van der Waals surface area (Å²) in [5.41, 5.74) is 7.07. The van der Waals surface area contributed by atoms with Gasteiger partial charge < -0.3 is 10.5 Å². The Morgan fingerprint density at radius 3 is 2.82 bits per heavy atom. The van der Waals surface area contributed by atoms with Crippen molar-refractivity contribution in [3.05, 3.63) is 28.8 Å². The lowest BCUT2D eigenvalue weighted by Crippen LogP contribution is -2.26. The minimum Gasteiger partial charge on any atom is -0.495 e. The standard InChI is InChI=1S/C12H17ClN2O.ClH/c1-16-12-3-2-9(6-11(12)13)7-15-5-4-10(14)8-15;/h2-3,6,10H,4-5,7-8,14H2,1H3;1H. The van der Waals surface area contributed by atoms with Crippen molar-refractivity contribution in [1.82, 2.24) is 4.90 Å². The van der Waals surface area contributed by atoms with Gasteiger partial charge in [0, 0.05) is 25.7 Å². The summed E-state index contributed by atoms with van der Waals surface area (Å²) in [5, 5.41) is 0.670.